The fourth-order valence-electron chi connectivity index (χ4n) is 1.78. The number of nitrogens with one attached hydrogen (secondary N) is 1. The third-order valence-corrected chi connectivity index (χ3v) is 3.12. The molecule has 2 rings (SSSR count). The molecule has 0 heterocycles. The molecule has 1 N–H and O–H groups in total. The Morgan fingerprint density at radius 3 is 2.52 bits per heavy atom. The normalized spacial score (nSPS) is 10.2. The van der Waals surface area contributed by atoms with E-state index >= 15 is 0 Å². The summed E-state index contributed by atoms with van der Waals surface area (Å²) in [5.74, 6) is 0.145. The highest BCUT2D eigenvalue weighted by atomic mass is 19.1. The van der Waals surface area contributed by atoms with Gasteiger partial charge in [0.05, 0.1) is 0 Å². The molecule has 0 aliphatic rings. The number of amides is 1. The predicted octanol–water partition coefficient (Wildman–Crippen LogP) is 3.14. The minimum Gasteiger partial charge on any atom is -0.484 e. The van der Waals surface area contributed by atoms with Crippen LogP contribution in [0.3, 0.4) is 0 Å². The van der Waals surface area contributed by atoms with Gasteiger partial charge in [-0.25, -0.2) is 4.39 Å². The third kappa shape index (κ3) is 4.60. The minimum absolute atomic E-state index is 0.0581. The van der Waals surface area contributed by atoms with E-state index in [1.165, 1.54) is 6.07 Å². The number of halogens is 1. The summed E-state index contributed by atoms with van der Waals surface area (Å²) in [6.45, 7) is 3.91. The molecule has 0 spiro atoms. The molecule has 0 unspecified atom stereocenters. The van der Waals surface area contributed by atoms with E-state index in [0.717, 1.165) is 11.1 Å². The van der Waals surface area contributed by atoms with E-state index in [0.29, 0.717) is 11.3 Å². The van der Waals surface area contributed by atoms with E-state index in [4.69, 9.17) is 4.74 Å². The van der Waals surface area contributed by atoms with Crippen LogP contribution in [0.5, 0.6) is 5.75 Å². The summed E-state index contributed by atoms with van der Waals surface area (Å²) < 4.78 is 18.7. The number of carbonyl (C=O) groups is 1. The Hall–Kier alpha value is -2.36. The number of hydrogen-bond donors (Lipinski definition) is 1. The van der Waals surface area contributed by atoms with Gasteiger partial charge < -0.3 is 10.1 Å². The Morgan fingerprint density at radius 1 is 1.14 bits per heavy atom. The molecule has 0 fully saturated rings. The van der Waals surface area contributed by atoms with Crippen molar-refractivity contribution in [3.63, 3.8) is 0 Å². The van der Waals surface area contributed by atoms with Crippen molar-refractivity contribution < 1.29 is 13.9 Å². The summed E-state index contributed by atoms with van der Waals surface area (Å²) >= 11 is 0. The summed E-state index contributed by atoms with van der Waals surface area (Å²) in [6.07, 6.45) is 0. The van der Waals surface area contributed by atoms with Crippen molar-refractivity contribution >= 4 is 5.91 Å². The van der Waals surface area contributed by atoms with Crippen molar-refractivity contribution in [2.45, 2.75) is 20.4 Å². The predicted molar refractivity (Wildman–Crippen MR) is 79.7 cm³/mol. The highest BCUT2D eigenvalue weighted by Gasteiger charge is 2.04. The van der Waals surface area contributed by atoms with Gasteiger partial charge in [-0.1, -0.05) is 29.8 Å². The molecule has 3 nitrogen and oxygen atoms in total. The highest BCUT2D eigenvalue weighted by Crippen LogP contribution is 2.11. The number of carbonyl (C=O) groups excluding carboxylic acids is 1. The fraction of sp³-hybridized carbons (Fsp3) is 0.235. The van der Waals surface area contributed by atoms with Gasteiger partial charge in [0.25, 0.3) is 5.91 Å². The van der Waals surface area contributed by atoms with Crippen molar-refractivity contribution in [2.75, 3.05) is 6.61 Å². The molecule has 1 amide bonds. The summed E-state index contributed by atoms with van der Waals surface area (Å²) in [6, 6.07) is 12.4. The maximum atomic E-state index is 13.4. The van der Waals surface area contributed by atoms with Gasteiger partial charge in [0.15, 0.2) is 6.61 Å². The Bertz CT molecular complexity index is 623. The van der Waals surface area contributed by atoms with Crippen molar-refractivity contribution in [2.24, 2.45) is 0 Å². The van der Waals surface area contributed by atoms with Gasteiger partial charge >= 0.3 is 0 Å². The van der Waals surface area contributed by atoms with Crippen molar-refractivity contribution in [3.05, 3.63) is 65.0 Å². The molecule has 0 aliphatic carbocycles. The molecule has 4 heteroatoms. The maximum Gasteiger partial charge on any atom is 0.258 e. The van der Waals surface area contributed by atoms with Crippen molar-refractivity contribution in [3.8, 4) is 5.75 Å². The zero-order valence-corrected chi connectivity index (χ0v) is 12.2. The summed E-state index contributed by atoms with van der Waals surface area (Å²) in [5, 5.41) is 2.70. The molecule has 0 bridgehead atoms. The van der Waals surface area contributed by atoms with E-state index in [9.17, 15) is 9.18 Å². The first-order valence-electron chi connectivity index (χ1n) is 6.76. The molecule has 110 valence electrons. The van der Waals surface area contributed by atoms with Gasteiger partial charge in [0.2, 0.25) is 0 Å². The highest BCUT2D eigenvalue weighted by molar-refractivity contribution is 5.77. The Kier molecular flexibility index (Phi) is 4.93. The van der Waals surface area contributed by atoms with Crippen LogP contribution in [-0.2, 0) is 11.3 Å². The van der Waals surface area contributed by atoms with E-state index in [1.54, 1.807) is 19.1 Å². The average Bonchev–Trinajstić information content (AvgIpc) is 2.48. The Morgan fingerprint density at radius 2 is 1.86 bits per heavy atom. The first-order chi connectivity index (χ1) is 10.0. The van der Waals surface area contributed by atoms with Crippen LogP contribution in [-0.4, -0.2) is 12.5 Å². The average molecular weight is 287 g/mol. The molecule has 0 aromatic heterocycles. The zero-order chi connectivity index (χ0) is 15.2. The molecule has 0 saturated carbocycles. The van der Waals surface area contributed by atoms with Gasteiger partial charge in [-0.05, 0) is 43.2 Å². The largest absolute Gasteiger partial charge is 0.484 e. The van der Waals surface area contributed by atoms with Gasteiger partial charge in [0.1, 0.15) is 11.6 Å². The molecular formula is C17H18FNO2. The quantitative estimate of drug-likeness (QED) is 0.917. The van der Waals surface area contributed by atoms with E-state index in [2.05, 4.69) is 5.32 Å². The van der Waals surface area contributed by atoms with Crippen molar-refractivity contribution in [1.82, 2.24) is 5.32 Å². The topological polar surface area (TPSA) is 38.3 Å². The number of benzene rings is 2. The Balaban J connectivity index is 1.79. The van der Waals surface area contributed by atoms with Gasteiger partial charge in [0, 0.05) is 6.54 Å². The van der Waals surface area contributed by atoms with Crippen LogP contribution in [0, 0.1) is 19.7 Å². The summed E-state index contributed by atoms with van der Waals surface area (Å²) in [7, 11) is 0. The molecule has 2 aromatic rings. The fourth-order valence-corrected chi connectivity index (χ4v) is 1.78. The van der Waals surface area contributed by atoms with Gasteiger partial charge in [-0.15, -0.1) is 0 Å². The molecule has 0 radical (unpaired) electrons. The third-order valence-electron chi connectivity index (χ3n) is 3.12. The lowest BCUT2D eigenvalue weighted by Gasteiger charge is -2.08. The number of ether oxygens (including phenoxy) is 1. The number of rotatable bonds is 5. The second-order valence-corrected chi connectivity index (χ2v) is 4.96. The van der Waals surface area contributed by atoms with Gasteiger partial charge in [-0.3, -0.25) is 4.79 Å². The number of hydrogen-bond acceptors (Lipinski definition) is 2. The van der Waals surface area contributed by atoms with E-state index < -0.39 is 0 Å². The summed E-state index contributed by atoms with van der Waals surface area (Å²) in [4.78, 5) is 11.7. The van der Waals surface area contributed by atoms with Gasteiger partial charge in [-0.2, -0.15) is 0 Å². The van der Waals surface area contributed by atoms with Crippen LogP contribution >= 0.6 is 0 Å². The monoisotopic (exact) mass is 287 g/mol. The molecule has 21 heavy (non-hydrogen) atoms. The molecule has 2 aromatic carbocycles. The lowest BCUT2D eigenvalue weighted by Crippen LogP contribution is -2.28. The molecular weight excluding hydrogens is 269 g/mol. The van der Waals surface area contributed by atoms with Crippen LogP contribution in [0.1, 0.15) is 16.7 Å². The second-order valence-electron chi connectivity index (χ2n) is 4.96. The Labute approximate surface area is 123 Å². The van der Waals surface area contributed by atoms with Crippen LogP contribution in [0.4, 0.5) is 4.39 Å². The first-order valence-corrected chi connectivity index (χ1v) is 6.76. The molecule has 0 saturated heterocycles. The smallest absolute Gasteiger partial charge is 0.258 e. The second kappa shape index (κ2) is 6.88. The lowest BCUT2D eigenvalue weighted by atomic mass is 10.1. The SMILES string of the molecule is Cc1ccc(OCC(=O)NCc2ccc(C)c(F)c2)cc1. The maximum absolute atomic E-state index is 13.4. The molecule has 0 atom stereocenters. The van der Waals surface area contributed by atoms with Crippen LogP contribution in [0.25, 0.3) is 0 Å². The molecule has 0 aliphatic heterocycles. The standard InChI is InChI=1S/C17H18FNO2/c1-12-3-7-15(8-4-12)21-11-17(20)19-10-14-6-5-13(2)16(18)9-14/h3-9H,10-11H2,1-2H3,(H,19,20). The minimum atomic E-state index is -0.266. The zero-order valence-electron chi connectivity index (χ0n) is 12.2. The van der Waals surface area contributed by atoms with Crippen LogP contribution in [0.2, 0.25) is 0 Å². The number of aryl methyl sites for hydroxylation is 2. The first kappa shape index (κ1) is 15.0. The summed E-state index contributed by atoms with van der Waals surface area (Å²) in [5.41, 5.74) is 2.45. The van der Waals surface area contributed by atoms with Crippen LogP contribution in [0.15, 0.2) is 42.5 Å². The van der Waals surface area contributed by atoms with E-state index in [-0.39, 0.29) is 24.9 Å². The van der Waals surface area contributed by atoms with Crippen molar-refractivity contribution in [1.29, 1.82) is 0 Å². The van der Waals surface area contributed by atoms with E-state index in [1.807, 2.05) is 31.2 Å². The van der Waals surface area contributed by atoms with Crippen LogP contribution < -0.4 is 10.1 Å². The lowest BCUT2D eigenvalue weighted by molar-refractivity contribution is -0.123.